The molecule has 2 fully saturated rings. The SMILES string of the molecule is CC(CN1CCCCC1)NC(=O)N1C(C)SCC1C(=O)O. The maximum absolute atomic E-state index is 12.3. The molecule has 0 bridgehead atoms. The van der Waals surface area contributed by atoms with Crippen molar-refractivity contribution in [2.45, 2.75) is 50.6 Å². The van der Waals surface area contributed by atoms with Gasteiger partial charge >= 0.3 is 12.0 Å². The van der Waals surface area contributed by atoms with Crippen LogP contribution in [0.1, 0.15) is 33.1 Å². The Bertz CT molecular complexity index is 388. The number of urea groups is 1. The molecule has 0 radical (unpaired) electrons. The molecule has 0 aromatic rings. The van der Waals surface area contributed by atoms with Crippen molar-refractivity contribution in [2.24, 2.45) is 0 Å². The summed E-state index contributed by atoms with van der Waals surface area (Å²) in [5.74, 6) is -0.463. The molecule has 3 unspecified atom stereocenters. The van der Waals surface area contributed by atoms with E-state index in [-0.39, 0.29) is 17.4 Å². The maximum atomic E-state index is 12.3. The van der Waals surface area contributed by atoms with Crippen LogP contribution in [0.3, 0.4) is 0 Å². The van der Waals surface area contributed by atoms with Crippen molar-refractivity contribution in [1.29, 1.82) is 0 Å². The fourth-order valence-corrected chi connectivity index (χ4v) is 4.17. The van der Waals surface area contributed by atoms with E-state index >= 15 is 0 Å². The molecule has 0 saturated carbocycles. The van der Waals surface area contributed by atoms with Gasteiger partial charge in [0.05, 0.1) is 5.37 Å². The van der Waals surface area contributed by atoms with E-state index < -0.39 is 12.0 Å². The molecule has 2 rings (SSSR count). The second-order valence-corrected chi connectivity index (χ2v) is 7.25. The molecule has 0 aromatic carbocycles. The molecular formula is C14H25N3O3S. The number of carboxylic acid groups (broad SMARTS) is 1. The van der Waals surface area contributed by atoms with Crippen LogP contribution >= 0.6 is 11.8 Å². The lowest BCUT2D eigenvalue weighted by molar-refractivity contribution is -0.141. The number of piperidine rings is 1. The number of rotatable bonds is 4. The normalized spacial score (nSPS) is 28.4. The third-order valence-electron chi connectivity index (χ3n) is 4.09. The summed E-state index contributed by atoms with van der Waals surface area (Å²) >= 11 is 1.51. The number of nitrogens with zero attached hydrogens (tertiary/aromatic N) is 2. The zero-order chi connectivity index (χ0) is 15.4. The van der Waals surface area contributed by atoms with Gasteiger partial charge in [-0.15, -0.1) is 11.8 Å². The lowest BCUT2D eigenvalue weighted by Gasteiger charge is -2.31. The predicted molar refractivity (Wildman–Crippen MR) is 83.5 cm³/mol. The van der Waals surface area contributed by atoms with Crippen molar-refractivity contribution in [3.05, 3.63) is 0 Å². The molecule has 0 spiro atoms. The van der Waals surface area contributed by atoms with Gasteiger partial charge in [0.15, 0.2) is 0 Å². The second kappa shape index (κ2) is 7.35. The van der Waals surface area contributed by atoms with Crippen molar-refractivity contribution < 1.29 is 14.7 Å². The minimum atomic E-state index is -0.925. The smallest absolute Gasteiger partial charge is 0.327 e. The monoisotopic (exact) mass is 315 g/mol. The van der Waals surface area contributed by atoms with Gasteiger partial charge in [0, 0.05) is 18.3 Å². The van der Waals surface area contributed by atoms with E-state index in [1.807, 2.05) is 13.8 Å². The fourth-order valence-electron chi connectivity index (χ4n) is 3.00. The van der Waals surface area contributed by atoms with E-state index in [9.17, 15) is 14.7 Å². The third-order valence-corrected chi connectivity index (χ3v) is 5.31. The molecule has 2 saturated heterocycles. The first-order valence-electron chi connectivity index (χ1n) is 7.64. The highest BCUT2D eigenvalue weighted by Gasteiger charge is 2.39. The Hall–Kier alpha value is -0.950. The highest BCUT2D eigenvalue weighted by atomic mass is 32.2. The van der Waals surface area contributed by atoms with Crippen LogP contribution in [0.15, 0.2) is 0 Å². The number of likely N-dealkylation sites (tertiary alicyclic amines) is 1. The fraction of sp³-hybridized carbons (Fsp3) is 0.857. The average molecular weight is 315 g/mol. The highest BCUT2D eigenvalue weighted by molar-refractivity contribution is 8.00. The number of thioether (sulfide) groups is 1. The van der Waals surface area contributed by atoms with Gasteiger partial charge in [-0.1, -0.05) is 6.42 Å². The molecule has 2 amide bonds. The Morgan fingerprint density at radius 1 is 1.33 bits per heavy atom. The topological polar surface area (TPSA) is 72.9 Å². The first-order chi connectivity index (χ1) is 9.99. The van der Waals surface area contributed by atoms with Crippen LogP contribution in [-0.4, -0.2) is 69.8 Å². The van der Waals surface area contributed by atoms with Crippen LogP contribution in [0.5, 0.6) is 0 Å². The Kier molecular flexibility index (Phi) is 5.75. The van der Waals surface area contributed by atoms with Crippen molar-refractivity contribution in [3.8, 4) is 0 Å². The third kappa shape index (κ3) is 4.26. The van der Waals surface area contributed by atoms with Gasteiger partial charge in [0.25, 0.3) is 0 Å². The molecule has 2 aliphatic heterocycles. The molecule has 3 atom stereocenters. The van der Waals surface area contributed by atoms with Crippen molar-refractivity contribution in [2.75, 3.05) is 25.4 Å². The molecular weight excluding hydrogens is 290 g/mol. The van der Waals surface area contributed by atoms with Gasteiger partial charge in [0.1, 0.15) is 6.04 Å². The minimum absolute atomic E-state index is 0.0304. The zero-order valence-corrected chi connectivity index (χ0v) is 13.6. The Morgan fingerprint density at radius 3 is 2.62 bits per heavy atom. The van der Waals surface area contributed by atoms with E-state index in [1.54, 1.807) is 0 Å². The lowest BCUT2D eigenvalue weighted by Crippen LogP contribution is -2.53. The molecule has 2 aliphatic rings. The average Bonchev–Trinajstić information content (AvgIpc) is 2.81. The number of amides is 2. The van der Waals surface area contributed by atoms with Crippen LogP contribution in [-0.2, 0) is 4.79 Å². The first kappa shape index (κ1) is 16.4. The number of carbonyl (C=O) groups is 2. The lowest BCUT2D eigenvalue weighted by atomic mass is 10.1. The Morgan fingerprint density at radius 2 is 2.00 bits per heavy atom. The summed E-state index contributed by atoms with van der Waals surface area (Å²) in [6, 6.07) is -0.945. The molecule has 2 heterocycles. The molecule has 21 heavy (non-hydrogen) atoms. The second-order valence-electron chi connectivity index (χ2n) is 5.91. The summed E-state index contributed by atoms with van der Waals surface area (Å²) in [7, 11) is 0. The zero-order valence-electron chi connectivity index (χ0n) is 12.7. The van der Waals surface area contributed by atoms with Crippen LogP contribution in [0, 0.1) is 0 Å². The standard InChI is InChI=1S/C14H25N3O3S/c1-10(8-16-6-4-3-5-7-16)15-14(20)17-11(2)21-9-12(17)13(18)19/h10-12H,3-9H2,1-2H3,(H,15,20)(H,18,19). The number of nitrogens with one attached hydrogen (secondary N) is 1. The first-order valence-corrected chi connectivity index (χ1v) is 8.69. The van der Waals surface area contributed by atoms with E-state index in [1.165, 1.54) is 35.9 Å². The maximum Gasteiger partial charge on any atom is 0.327 e. The molecule has 6 nitrogen and oxygen atoms in total. The van der Waals surface area contributed by atoms with E-state index in [0.717, 1.165) is 19.6 Å². The number of carbonyl (C=O) groups excluding carboxylic acids is 1. The predicted octanol–water partition coefficient (Wildman–Crippen LogP) is 1.42. The molecule has 0 aliphatic carbocycles. The van der Waals surface area contributed by atoms with Crippen LogP contribution < -0.4 is 5.32 Å². The summed E-state index contributed by atoms with van der Waals surface area (Å²) in [5, 5.41) is 12.1. The van der Waals surface area contributed by atoms with Crippen molar-refractivity contribution in [1.82, 2.24) is 15.1 Å². The molecule has 7 heteroatoms. The number of hydrogen-bond donors (Lipinski definition) is 2. The van der Waals surface area contributed by atoms with Crippen LogP contribution in [0.25, 0.3) is 0 Å². The Balaban J connectivity index is 1.85. The van der Waals surface area contributed by atoms with Gasteiger partial charge < -0.3 is 15.3 Å². The molecule has 0 aromatic heterocycles. The van der Waals surface area contributed by atoms with Crippen molar-refractivity contribution in [3.63, 3.8) is 0 Å². The molecule has 120 valence electrons. The summed E-state index contributed by atoms with van der Waals surface area (Å²) < 4.78 is 0. The van der Waals surface area contributed by atoms with Gasteiger partial charge in [-0.3, -0.25) is 4.90 Å². The number of hydrogen-bond acceptors (Lipinski definition) is 4. The van der Waals surface area contributed by atoms with Crippen molar-refractivity contribution >= 4 is 23.8 Å². The summed E-state index contributed by atoms with van der Waals surface area (Å²) in [6.07, 6.45) is 3.74. The van der Waals surface area contributed by atoms with E-state index in [4.69, 9.17) is 0 Å². The summed E-state index contributed by atoms with van der Waals surface area (Å²) in [4.78, 5) is 27.4. The number of aliphatic carboxylic acids is 1. The Labute approximate surface area is 130 Å². The van der Waals surface area contributed by atoms with Gasteiger partial charge in [0.2, 0.25) is 0 Å². The molecule has 2 N–H and O–H groups in total. The summed E-state index contributed by atoms with van der Waals surface area (Å²) in [5.41, 5.74) is 0. The minimum Gasteiger partial charge on any atom is -0.480 e. The van der Waals surface area contributed by atoms with Crippen LogP contribution in [0.4, 0.5) is 4.79 Å². The van der Waals surface area contributed by atoms with Crippen LogP contribution in [0.2, 0.25) is 0 Å². The van der Waals surface area contributed by atoms with Gasteiger partial charge in [-0.05, 0) is 39.8 Å². The summed E-state index contributed by atoms with van der Waals surface area (Å²) in [6.45, 7) is 6.87. The quantitative estimate of drug-likeness (QED) is 0.821. The highest BCUT2D eigenvalue weighted by Crippen LogP contribution is 2.28. The van der Waals surface area contributed by atoms with Gasteiger partial charge in [-0.2, -0.15) is 0 Å². The van der Waals surface area contributed by atoms with E-state index in [0.29, 0.717) is 5.75 Å². The number of carboxylic acids is 1. The largest absolute Gasteiger partial charge is 0.480 e. The van der Waals surface area contributed by atoms with Gasteiger partial charge in [-0.25, -0.2) is 9.59 Å². The van der Waals surface area contributed by atoms with E-state index in [2.05, 4.69) is 10.2 Å².